The van der Waals surface area contributed by atoms with Crippen molar-refractivity contribution in [2.24, 2.45) is 17.1 Å². The molecule has 0 aromatic heterocycles. The van der Waals surface area contributed by atoms with Gasteiger partial charge in [-0.1, -0.05) is 18.2 Å². The molecule has 0 saturated heterocycles. The highest BCUT2D eigenvalue weighted by molar-refractivity contribution is 5.59. The first-order chi connectivity index (χ1) is 14.8. The molecule has 1 heterocycles. The van der Waals surface area contributed by atoms with Crippen LogP contribution in [0, 0.1) is 51.1 Å². The van der Waals surface area contributed by atoms with Crippen LogP contribution in [0.25, 0.3) is 0 Å². The Hall–Kier alpha value is -3.22. The van der Waals surface area contributed by atoms with E-state index in [2.05, 4.69) is 23.1 Å². The quantitative estimate of drug-likeness (QED) is 0.626. The van der Waals surface area contributed by atoms with Crippen LogP contribution in [0.4, 0.5) is 4.39 Å². The second-order valence-electron chi connectivity index (χ2n) is 7.08. The van der Waals surface area contributed by atoms with E-state index in [1.54, 1.807) is 26.0 Å². The molecule has 8 heteroatoms. The van der Waals surface area contributed by atoms with Crippen molar-refractivity contribution >= 4 is 0 Å². The average Bonchev–Trinajstić information content (AvgIpc) is 2.75. The van der Waals surface area contributed by atoms with Gasteiger partial charge in [0.25, 0.3) is 0 Å². The van der Waals surface area contributed by atoms with Crippen molar-refractivity contribution in [1.82, 2.24) is 4.90 Å². The van der Waals surface area contributed by atoms with E-state index in [0.29, 0.717) is 18.7 Å². The standard InChI is InChI=1S/C19H16FN5.2C2H6O/c1-25-7-6-14-15(8-21)18(24)19(10-22,11-23)17(16(14)9-25)12-2-4-13(20)5-3-12;2*1-2-3/h2-6,16-17H,7,9,24H2,1H3;2*3H,2H2,1H3/t16-,17+;;/m1../s1. The van der Waals surface area contributed by atoms with Crippen LogP contribution in [0.1, 0.15) is 25.3 Å². The van der Waals surface area contributed by atoms with Crippen molar-refractivity contribution < 1.29 is 14.6 Å². The fourth-order valence-corrected chi connectivity index (χ4v) is 3.87. The molecule has 1 aromatic carbocycles. The van der Waals surface area contributed by atoms with E-state index in [1.807, 2.05) is 13.1 Å². The first-order valence-electron chi connectivity index (χ1n) is 9.90. The summed E-state index contributed by atoms with van der Waals surface area (Å²) in [5, 5.41) is 44.4. The highest BCUT2D eigenvalue weighted by atomic mass is 19.1. The molecule has 1 aliphatic heterocycles. The van der Waals surface area contributed by atoms with Gasteiger partial charge in [-0.25, -0.2) is 4.39 Å². The molecule has 31 heavy (non-hydrogen) atoms. The predicted octanol–water partition coefficient (Wildman–Crippen LogP) is 2.18. The molecule has 0 radical (unpaired) electrons. The molecule has 164 valence electrons. The lowest BCUT2D eigenvalue weighted by Gasteiger charge is -2.45. The van der Waals surface area contributed by atoms with E-state index < -0.39 is 17.2 Å². The van der Waals surface area contributed by atoms with Gasteiger partial charge in [-0.05, 0) is 44.2 Å². The van der Waals surface area contributed by atoms with Crippen molar-refractivity contribution in [3.63, 3.8) is 0 Å². The van der Waals surface area contributed by atoms with Crippen LogP contribution in [-0.4, -0.2) is 48.5 Å². The topological polar surface area (TPSA) is 141 Å². The minimum Gasteiger partial charge on any atom is -0.399 e. The average molecular weight is 426 g/mol. The predicted molar refractivity (Wildman–Crippen MR) is 114 cm³/mol. The SMILES string of the molecule is CCO.CCO.CN1CC=C2C(C#N)=C(N)C(C#N)(C#N)[C@@H](c3ccc(F)cc3)[C@@H]2C1. The molecule has 4 N–H and O–H groups in total. The zero-order valence-electron chi connectivity index (χ0n) is 18.0. The van der Waals surface area contributed by atoms with Crippen LogP contribution in [0.3, 0.4) is 0 Å². The van der Waals surface area contributed by atoms with E-state index in [-0.39, 0.29) is 30.4 Å². The number of nitrogens with zero attached hydrogens (tertiary/aromatic N) is 4. The molecule has 1 aliphatic carbocycles. The summed E-state index contributed by atoms with van der Waals surface area (Å²) in [7, 11) is 1.93. The summed E-state index contributed by atoms with van der Waals surface area (Å²) < 4.78 is 13.4. The summed E-state index contributed by atoms with van der Waals surface area (Å²) in [5.74, 6) is -1.21. The van der Waals surface area contributed by atoms with Crippen LogP contribution in [0.15, 0.2) is 47.2 Å². The Bertz CT molecular complexity index is 919. The molecule has 1 aromatic rings. The Morgan fingerprint density at radius 3 is 2.10 bits per heavy atom. The molecule has 0 unspecified atom stereocenters. The van der Waals surface area contributed by atoms with Crippen molar-refractivity contribution in [3.8, 4) is 18.2 Å². The van der Waals surface area contributed by atoms with Crippen molar-refractivity contribution in [2.75, 3.05) is 33.4 Å². The van der Waals surface area contributed by atoms with Gasteiger partial charge < -0.3 is 20.8 Å². The zero-order chi connectivity index (χ0) is 23.6. The third-order valence-corrected chi connectivity index (χ3v) is 5.08. The van der Waals surface area contributed by atoms with Crippen LogP contribution in [0.5, 0.6) is 0 Å². The second kappa shape index (κ2) is 11.8. The largest absolute Gasteiger partial charge is 0.399 e. The van der Waals surface area contributed by atoms with E-state index in [9.17, 15) is 20.2 Å². The van der Waals surface area contributed by atoms with E-state index in [4.69, 9.17) is 15.9 Å². The maximum Gasteiger partial charge on any atom is 0.191 e. The smallest absolute Gasteiger partial charge is 0.191 e. The normalized spacial score (nSPS) is 21.5. The van der Waals surface area contributed by atoms with Gasteiger partial charge in [0, 0.05) is 38.1 Å². The fraction of sp³-hybridized carbons (Fsp3) is 0.435. The first-order valence-corrected chi connectivity index (χ1v) is 9.90. The van der Waals surface area contributed by atoms with Crippen molar-refractivity contribution in [1.29, 1.82) is 15.8 Å². The molecule has 3 rings (SSSR count). The third-order valence-electron chi connectivity index (χ3n) is 5.08. The number of nitriles is 3. The number of halogens is 1. The number of hydrogen-bond donors (Lipinski definition) is 3. The number of aliphatic hydroxyl groups is 2. The number of benzene rings is 1. The Balaban J connectivity index is 0.000000720. The number of allylic oxidation sites excluding steroid dienone is 2. The highest BCUT2D eigenvalue weighted by Crippen LogP contribution is 2.53. The molecule has 0 fully saturated rings. The third kappa shape index (κ3) is 5.29. The zero-order valence-corrected chi connectivity index (χ0v) is 18.0. The summed E-state index contributed by atoms with van der Waals surface area (Å²) in [6.07, 6.45) is 1.93. The molecule has 2 atom stereocenters. The Labute approximate surface area is 182 Å². The van der Waals surface area contributed by atoms with Crippen molar-refractivity contribution in [2.45, 2.75) is 19.8 Å². The van der Waals surface area contributed by atoms with Gasteiger partial charge in [-0.2, -0.15) is 15.8 Å². The monoisotopic (exact) mass is 425 g/mol. The molecule has 7 nitrogen and oxygen atoms in total. The van der Waals surface area contributed by atoms with Crippen molar-refractivity contribution in [3.05, 3.63) is 58.6 Å². The van der Waals surface area contributed by atoms with Gasteiger partial charge in [0.15, 0.2) is 5.41 Å². The maximum atomic E-state index is 13.4. The van der Waals surface area contributed by atoms with E-state index in [1.165, 1.54) is 12.1 Å². The second-order valence-corrected chi connectivity index (χ2v) is 7.08. The van der Waals surface area contributed by atoms with Crippen LogP contribution < -0.4 is 5.73 Å². The van der Waals surface area contributed by atoms with Gasteiger partial charge in [-0.15, -0.1) is 0 Å². The molecule has 0 amide bonds. The lowest BCUT2D eigenvalue weighted by Crippen LogP contribution is -2.47. The van der Waals surface area contributed by atoms with E-state index >= 15 is 0 Å². The summed E-state index contributed by atoms with van der Waals surface area (Å²) in [6.45, 7) is 5.10. The van der Waals surface area contributed by atoms with Crippen LogP contribution in [-0.2, 0) is 0 Å². The molecule has 0 saturated carbocycles. The number of aliphatic hydroxyl groups excluding tert-OH is 2. The Morgan fingerprint density at radius 2 is 1.65 bits per heavy atom. The summed E-state index contributed by atoms with van der Waals surface area (Å²) in [4.78, 5) is 2.06. The lowest BCUT2D eigenvalue weighted by atomic mass is 9.58. The van der Waals surface area contributed by atoms with Gasteiger partial charge >= 0.3 is 0 Å². The number of nitrogens with two attached hydrogens (primary N) is 1. The minimum atomic E-state index is -1.66. The highest BCUT2D eigenvalue weighted by Gasteiger charge is 2.54. The number of likely N-dealkylation sites (N-methyl/N-ethyl adjacent to an activating group) is 1. The fourth-order valence-electron chi connectivity index (χ4n) is 3.87. The summed E-state index contributed by atoms with van der Waals surface area (Å²) in [5.41, 5.74) is 6.15. The Morgan fingerprint density at radius 1 is 1.13 bits per heavy atom. The van der Waals surface area contributed by atoms with Gasteiger partial charge in [0.2, 0.25) is 0 Å². The molecular weight excluding hydrogens is 397 g/mol. The first kappa shape index (κ1) is 25.8. The van der Waals surface area contributed by atoms with Gasteiger partial charge in [-0.3, -0.25) is 0 Å². The minimum absolute atomic E-state index is 0.0126. The Kier molecular flexibility index (Phi) is 9.86. The summed E-state index contributed by atoms with van der Waals surface area (Å²) in [6, 6.07) is 12.0. The lowest BCUT2D eigenvalue weighted by molar-refractivity contribution is 0.237. The molecule has 0 spiro atoms. The van der Waals surface area contributed by atoms with E-state index in [0.717, 1.165) is 5.57 Å². The van der Waals surface area contributed by atoms with Gasteiger partial charge in [0.1, 0.15) is 11.9 Å². The van der Waals surface area contributed by atoms with Crippen LogP contribution >= 0.6 is 0 Å². The molecule has 2 aliphatic rings. The number of fused-ring (bicyclic) bond motifs is 1. The number of hydrogen-bond acceptors (Lipinski definition) is 7. The summed E-state index contributed by atoms with van der Waals surface area (Å²) >= 11 is 0. The molecular formula is C23H28FN5O2. The van der Waals surface area contributed by atoms with Crippen LogP contribution in [0.2, 0.25) is 0 Å². The van der Waals surface area contributed by atoms with Gasteiger partial charge in [0.05, 0.1) is 23.4 Å². The maximum absolute atomic E-state index is 13.4. The molecule has 0 bridgehead atoms. The number of rotatable bonds is 1.